The van der Waals surface area contributed by atoms with Crippen LogP contribution in [0.2, 0.25) is 0 Å². The molecule has 17 nitrogen and oxygen atoms in total. The minimum Gasteiger partial charge on any atom is -0.455 e. The minimum atomic E-state index is -4.70. The monoisotopic (exact) mass is 1010 g/mol. The molecule has 0 unspecified atom stereocenters. The third kappa shape index (κ3) is 10.5. The molecule has 72 heavy (non-hydrogen) atoms. The second-order valence-corrected chi connectivity index (χ2v) is 23.1. The molecule has 3 aromatic heterocycles. The number of hydrogen-bond donors (Lipinski definition) is 4. The molecule has 5 aliphatic rings. The Hall–Kier alpha value is -5.73. The summed E-state index contributed by atoms with van der Waals surface area (Å²) in [6.07, 6.45) is 12.6. The van der Waals surface area contributed by atoms with Gasteiger partial charge in [-0.05, 0) is 118 Å². The molecule has 6 heterocycles. The number of nitrogens with zero attached hydrogens (tertiary/aromatic N) is 6. The van der Waals surface area contributed by atoms with Crippen molar-refractivity contribution in [1.29, 1.82) is 0 Å². The average Bonchev–Trinajstić information content (AvgIpc) is 3.74. The largest absolute Gasteiger partial charge is 0.455 e. The van der Waals surface area contributed by atoms with Gasteiger partial charge in [-0.25, -0.2) is 27.5 Å². The van der Waals surface area contributed by atoms with Crippen LogP contribution in [-0.4, -0.2) is 119 Å². The molecule has 5 aromatic rings. The Morgan fingerprint density at radius 3 is 2.47 bits per heavy atom. The van der Waals surface area contributed by atoms with Crippen molar-refractivity contribution in [3.05, 3.63) is 106 Å². The number of halogens is 1. The Labute approximate surface area is 420 Å². The van der Waals surface area contributed by atoms with Crippen LogP contribution in [0.25, 0.3) is 11.0 Å². The van der Waals surface area contributed by atoms with Gasteiger partial charge in [-0.1, -0.05) is 38.1 Å². The number of H-pyrrole nitrogens is 1. The maximum absolute atomic E-state index is 14.7. The van der Waals surface area contributed by atoms with E-state index in [4.69, 9.17) is 9.47 Å². The summed E-state index contributed by atoms with van der Waals surface area (Å²) in [5.74, 6) is -0.976. The predicted octanol–water partition coefficient (Wildman–Crippen LogP) is 8.68. The lowest BCUT2D eigenvalue weighted by Gasteiger charge is -2.59. The van der Waals surface area contributed by atoms with Crippen molar-refractivity contribution in [3.8, 4) is 11.5 Å². The van der Waals surface area contributed by atoms with E-state index in [1.807, 2.05) is 0 Å². The zero-order chi connectivity index (χ0) is 50.4. The van der Waals surface area contributed by atoms with Crippen molar-refractivity contribution in [2.75, 3.05) is 62.7 Å². The lowest BCUT2D eigenvalue weighted by Crippen LogP contribution is -2.61. The molecule has 384 valence electrons. The molecular formula is C53H66FN9O8S. The predicted molar refractivity (Wildman–Crippen MR) is 271 cm³/mol. The van der Waals surface area contributed by atoms with Crippen molar-refractivity contribution in [3.63, 3.8) is 0 Å². The number of piperazine rings is 1. The number of amides is 1. The topological polar surface area (TPSA) is 208 Å². The van der Waals surface area contributed by atoms with Crippen LogP contribution in [0.15, 0.2) is 78.1 Å². The Bertz CT molecular complexity index is 2900. The fourth-order valence-electron chi connectivity index (χ4n) is 12.0. The normalized spacial score (nSPS) is 23.6. The molecule has 1 amide bonds. The number of aromatic amines is 1. The second kappa shape index (κ2) is 20.3. The van der Waals surface area contributed by atoms with Crippen LogP contribution < -0.4 is 19.7 Å². The number of aliphatic hydroxyl groups is 1. The molecule has 2 aliphatic carbocycles. The van der Waals surface area contributed by atoms with Gasteiger partial charge in [-0.3, -0.25) is 24.7 Å². The van der Waals surface area contributed by atoms with Crippen LogP contribution in [-0.2, 0) is 14.8 Å². The summed E-state index contributed by atoms with van der Waals surface area (Å²) in [6.45, 7) is 13.1. The first-order valence-electron chi connectivity index (χ1n) is 25.6. The van der Waals surface area contributed by atoms with E-state index in [-0.39, 0.29) is 39.6 Å². The molecule has 3 saturated heterocycles. The fourth-order valence-corrected chi connectivity index (χ4v) is 13.0. The first-order chi connectivity index (χ1) is 34.5. The van der Waals surface area contributed by atoms with Crippen molar-refractivity contribution < 1.29 is 37.1 Å². The fraction of sp³-hybridized carbons (Fsp3) is 0.528. The summed E-state index contributed by atoms with van der Waals surface area (Å²) >= 11 is 0. The van der Waals surface area contributed by atoms with Gasteiger partial charge in [0.25, 0.3) is 15.9 Å². The van der Waals surface area contributed by atoms with E-state index in [2.05, 4.69) is 77.8 Å². The third-order valence-electron chi connectivity index (χ3n) is 16.3. The summed E-state index contributed by atoms with van der Waals surface area (Å²) < 4.78 is 56.4. The first-order valence-corrected chi connectivity index (χ1v) is 27.1. The van der Waals surface area contributed by atoms with Gasteiger partial charge in [0, 0.05) is 94.6 Å². The zero-order valence-corrected chi connectivity index (χ0v) is 42.1. The van der Waals surface area contributed by atoms with Crippen LogP contribution >= 0.6 is 0 Å². The van der Waals surface area contributed by atoms with Crippen molar-refractivity contribution in [2.45, 2.75) is 120 Å². The van der Waals surface area contributed by atoms with Crippen molar-refractivity contribution in [2.24, 2.45) is 11.3 Å². The number of pyridine rings is 2. The SMILES string of the molecule is CC(C)c1ccccc1[C@@H]1CN(C2CCOCC2)CCN1C1CC2(CCN(c3ccc(C(=O)NS(=O)(=O)c4cnc(NCC5CCC(C)(O)CC5)c([N+](=O)[O-])c4)c(Oc4cnc5[nH]cc(F)c5c4)c3)CC2)C1. The maximum Gasteiger partial charge on any atom is 0.312 e. The number of aromatic nitrogens is 3. The number of benzene rings is 2. The molecule has 2 saturated carbocycles. The lowest BCUT2D eigenvalue weighted by molar-refractivity contribution is -0.384. The standard InChI is InChI=1S/C53H66FN9O8S/c1-34(2)41-6-4-5-7-42(41)47-33-61(36-12-22-70-23-13-36)20-21-62(47)38-27-53(28-38)16-18-60(19-17-53)37-8-9-43(48(24-37)71-39-25-44-45(54)32-58-49(44)56-30-39)51(64)59-72(68,69)40-26-46(63(66)67)50(57-31-40)55-29-35-10-14-52(3,65)15-11-35/h4-9,24-26,30-32,34-36,38,47,65H,10-23,27-29,33H2,1-3H3,(H,55,57)(H,56,58)(H,59,64)/t35?,47-,52?/m0/s1. The highest BCUT2D eigenvalue weighted by Gasteiger charge is 2.50. The number of nitro groups is 1. The highest BCUT2D eigenvalue weighted by Crippen LogP contribution is 2.53. The Morgan fingerprint density at radius 2 is 1.74 bits per heavy atom. The van der Waals surface area contributed by atoms with Crippen LogP contribution in [0, 0.1) is 27.3 Å². The van der Waals surface area contributed by atoms with Gasteiger partial charge in [0.15, 0.2) is 0 Å². The van der Waals surface area contributed by atoms with E-state index in [1.165, 1.54) is 35.7 Å². The van der Waals surface area contributed by atoms with Gasteiger partial charge in [0.05, 0.1) is 33.9 Å². The highest BCUT2D eigenvalue weighted by atomic mass is 32.2. The van der Waals surface area contributed by atoms with Crippen molar-refractivity contribution >= 4 is 44.2 Å². The molecule has 0 bridgehead atoms. The molecule has 4 N–H and O–H groups in total. The van der Waals surface area contributed by atoms with Crippen LogP contribution in [0.1, 0.15) is 118 Å². The van der Waals surface area contributed by atoms with E-state index in [1.54, 1.807) is 19.1 Å². The third-order valence-corrected chi connectivity index (χ3v) is 17.6. The summed E-state index contributed by atoms with van der Waals surface area (Å²) in [7, 11) is -4.70. The number of sulfonamides is 1. The number of hydrogen-bond acceptors (Lipinski definition) is 14. The highest BCUT2D eigenvalue weighted by molar-refractivity contribution is 7.90. The molecule has 0 radical (unpaired) electrons. The van der Waals surface area contributed by atoms with E-state index < -0.39 is 42.9 Å². The number of carbonyl (C=O) groups is 1. The van der Waals surface area contributed by atoms with Gasteiger partial charge in [0.2, 0.25) is 5.82 Å². The molecule has 5 fully saturated rings. The summed E-state index contributed by atoms with van der Waals surface area (Å²) in [5.41, 5.74) is 2.73. The smallest absolute Gasteiger partial charge is 0.312 e. The Balaban J connectivity index is 0.842. The van der Waals surface area contributed by atoms with Gasteiger partial charge < -0.3 is 29.8 Å². The Morgan fingerprint density at radius 1 is 0.986 bits per heavy atom. The first kappa shape index (κ1) is 49.8. The molecule has 1 atom stereocenters. The number of nitrogens with one attached hydrogen (secondary N) is 3. The number of carbonyl (C=O) groups excluding carboxylic acids is 1. The summed E-state index contributed by atoms with van der Waals surface area (Å²) in [6, 6.07) is 17.7. The van der Waals surface area contributed by atoms with Gasteiger partial charge in [-0.15, -0.1) is 0 Å². The average molecular weight is 1010 g/mol. The van der Waals surface area contributed by atoms with E-state index in [0.29, 0.717) is 49.1 Å². The summed E-state index contributed by atoms with van der Waals surface area (Å²) in [4.78, 5) is 43.9. The number of fused-ring (bicyclic) bond motifs is 1. The number of rotatable bonds is 14. The number of anilines is 2. The van der Waals surface area contributed by atoms with Gasteiger partial charge in [-0.2, -0.15) is 0 Å². The summed E-state index contributed by atoms with van der Waals surface area (Å²) in [5, 5.41) is 25.7. The number of piperidine rings is 1. The minimum absolute atomic E-state index is 0.0155. The van der Waals surface area contributed by atoms with Gasteiger partial charge >= 0.3 is 5.69 Å². The Kier molecular flexibility index (Phi) is 14.0. The molecule has 1 spiro atoms. The quantitative estimate of drug-likeness (QED) is 0.0607. The molecule has 19 heteroatoms. The van der Waals surface area contributed by atoms with E-state index in [9.17, 15) is 32.8 Å². The molecular weight excluding hydrogens is 942 g/mol. The van der Waals surface area contributed by atoms with E-state index in [0.717, 1.165) is 115 Å². The van der Waals surface area contributed by atoms with Crippen LogP contribution in [0.3, 0.4) is 0 Å². The molecule has 10 rings (SSSR count). The lowest BCUT2D eigenvalue weighted by atomic mass is 9.59. The van der Waals surface area contributed by atoms with Crippen LogP contribution in [0.5, 0.6) is 11.5 Å². The van der Waals surface area contributed by atoms with Gasteiger partial charge in [0.1, 0.15) is 27.9 Å². The zero-order valence-electron chi connectivity index (χ0n) is 41.3. The van der Waals surface area contributed by atoms with Crippen molar-refractivity contribution in [1.82, 2.24) is 29.5 Å². The maximum atomic E-state index is 14.7. The van der Waals surface area contributed by atoms with E-state index >= 15 is 0 Å². The second-order valence-electron chi connectivity index (χ2n) is 21.5. The molecule has 2 aromatic carbocycles. The molecule has 3 aliphatic heterocycles. The number of ether oxygens (including phenoxy) is 2. The van der Waals surface area contributed by atoms with Crippen LogP contribution in [0.4, 0.5) is 21.6 Å².